The van der Waals surface area contributed by atoms with E-state index in [-0.39, 0.29) is 12.3 Å². The first-order valence-electron chi connectivity index (χ1n) is 8.38. The van der Waals surface area contributed by atoms with Crippen LogP contribution in [0.4, 0.5) is 0 Å². The highest BCUT2D eigenvalue weighted by molar-refractivity contribution is 7.09. The highest BCUT2D eigenvalue weighted by Crippen LogP contribution is 2.18. The van der Waals surface area contributed by atoms with E-state index in [0.29, 0.717) is 36.3 Å². The van der Waals surface area contributed by atoms with Gasteiger partial charge in [-0.2, -0.15) is 0 Å². The van der Waals surface area contributed by atoms with Crippen molar-refractivity contribution in [1.29, 1.82) is 0 Å². The van der Waals surface area contributed by atoms with Crippen molar-refractivity contribution >= 4 is 23.2 Å². The lowest BCUT2D eigenvalue weighted by Crippen LogP contribution is -2.28. The molecule has 3 aromatic rings. The highest BCUT2D eigenvalue weighted by atomic mass is 32.1. The molecule has 0 aromatic carbocycles. The molecule has 0 aliphatic carbocycles. The van der Waals surface area contributed by atoms with E-state index in [1.807, 2.05) is 23.7 Å². The van der Waals surface area contributed by atoms with Crippen molar-refractivity contribution in [3.05, 3.63) is 52.6 Å². The Labute approximate surface area is 160 Å². The van der Waals surface area contributed by atoms with Gasteiger partial charge in [-0.05, 0) is 23.9 Å². The molecular weight excluding hydrogens is 366 g/mol. The van der Waals surface area contributed by atoms with Crippen LogP contribution in [0.3, 0.4) is 0 Å². The molecule has 9 heteroatoms. The maximum Gasteiger partial charge on any atom is 0.303 e. The first kappa shape index (κ1) is 18.7. The van der Waals surface area contributed by atoms with Gasteiger partial charge in [0.05, 0.1) is 18.3 Å². The van der Waals surface area contributed by atoms with Crippen molar-refractivity contribution in [3.63, 3.8) is 0 Å². The zero-order valence-corrected chi connectivity index (χ0v) is 15.6. The molecule has 0 unspecified atom stereocenters. The number of carboxylic acids is 1. The van der Waals surface area contributed by atoms with E-state index in [0.717, 1.165) is 0 Å². The number of carboxylic acid groups (broad SMARTS) is 1. The standard InChI is InChI=1S/C18H19N5O3S/c1-22(6-2-5-17(24)25)18(26)14-8-13(9-19-10-14)16-12-23(21-20-16)11-15-4-3-7-27-15/h3-4,7-10,12H,2,5-6,11H2,1H3,(H,24,25). The van der Waals surface area contributed by atoms with E-state index in [2.05, 4.69) is 15.3 Å². The minimum Gasteiger partial charge on any atom is -0.481 e. The Morgan fingerprint density at radius 1 is 1.33 bits per heavy atom. The lowest BCUT2D eigenvalue weighted by atomic mass is 10.1. The fourth-order valence-corrected chi connectivity index (χ4v) is 3.25. The SMILES string of the molecule is CN(CCCC(=O)O)C(=O)c1cncc(-c2cn(Cc3cccs3)nn2)c1. The van der Waals surface area contributed by atoms with Gasteiger partial charge in [0.15, 0.2) is 0 Å². The lowest BCUT2D eigenvalue weighted by molar-refractivity contribution is -0.137. The predicted molar refractivity (Wildman–Crippen MR) is 101 cm³/mol. The van der Waals surface area contributed by atoms with Gasteiger partial charge in [-0.15, -0.1) is 16.4 Å². The fraction of sp³-hybridized carbons (Fsp3) is 0.278. The predicted octanol–water partition coefficient (Wildman–Crippen LogP) is 2.39. The Bertz CT molecular complexity index is 923. The van der Waals surface area contributed by atoms with Crippen LogP contribution in [-0.4, -0.2) is 55.5 Å². The maximum atomic E-state index is 12.5. The van der Waals surface area contributed by atoms with Gasteiger partial charge in [0.1, 0.15) is 5.69 Å². The molecule has 140 valence electrons. The Morgan fingerprint density at radius 3 is 2.93 bits per heavy atom. The Kier molecular flexibility index (Phi) is 5.92. The first-order chi connectivity index (χ1) is 13.0. The molecule has 0 aliphatic heterocycles. The summed E-state index contributed by atoms with van der Waals surface area (Å²) in [6.07, 6.45) is 5.39. The van der Waals surface area contributed by atoms with Crippen molar-refractivity contribution in [2.24, 2.45) is 0 Å². The summed E-state index contributed by atoms with van der Waals surface area (Å²) in [4.78, 5) is 29.9. The molecule has 0 saturated carbocycles. The number of hydrogen-bond acceptors (Lipinski definition) is 6. The normalized spacial score (nSPS) is 10.7. The molecule has 0 fully saturated rings. The molecule has 0 aliphatic rings. The van der Waals surface area contributed by atoms with Crippen LogP contribution in [0.25, 0.3) is 11.3 Å². The molecule has 0 bridgehead atoms. The summed E-state index contributed by atoms with van der Waals surface area (Å²) < 4.78 is 1.74. The average Bonchev–Trinajstić information content (AvgIpc) is 3.33. The van der Waals surface area contributed by atoms with E-state index in [4.69, 9.17) is 5.11 Å². The van der Waals surface area contributed by atoms with Crippen LogP contribution in [0.1, 0.15) is 28.1 Å². The second kappa shape index (κ2) is 8.54. The summed E-state index contributed by atoms with van der Waals surface area (Å²) in [5.74, 6) is -1.08. The smallest absolute Gasteiger partial charge is 0.303 e. The van der Waals surface area contributed by atoms with Crippen molar-refractivity contribution in [1.82, 2.24) is 24.9 Å². The maximum absolute atomic E-state index is 12.5. The average molecular weight is 385 g/mol. The number of aromatic nitrogens is 4. The van der Waals surface area contributed by atoms with E-state index in [1.54, 1.807) is 35.3 Å². The minimum atomic E-state index is -0.870. The minimum absolute atomic E-state index is 0.0310. The number of amides is 1. The van der Waals surface area contributed by atoms with Crippen LogP contribution in [0.2, 0.25) is 0 Å². The number of thiophene rings is 1. The van der Waals surface area contributed by atoms with Gasteiger partial charge in [-0.3, -0.25) is 14.6 Å². The van der Waals surface area contributed by atoms with E-state index in [1.165, 1.54) is 16.0 Å². The number of carbonyl (C=O) groups is 2. The fourth-order valence-electron chi connectivity index (χ4n) is 2.56. The number of carbonyl (C=O) groups excluding carboxylic acids is 1. The molecule has 8 nitrogen and oxygen atoms in total. The number of rotatable bonds is 8. The van der Waals surface area contributed by atoms with Crippen molar-refractivity contribution < 1.29 is 14.7 Å². The Morgan fingerprint density at radius 2 is 2.19 bits per heavy atom. The molecule has 3 aromatic heterocycles. The van der Waals surface area contributed by atoms with Crippen LogP contribution < -0.4 is 0 Å². The quantitative estimate of drug-likeness (QED) is 0.639. The van der Waals surface area contributed by atoms with Gasteiger partial charge in [0.2, 0.25) is 0 Å². The monoisotopic (exact) mass is 385 g/mol. The number of hydrogen-bond donors (Lipinski definition) is 1. The summed E-state index contributed by atoms with van der Waals surface area (Å²) in [5.41, 5.74) is 1.78. The van der Waals surface area contributed by atoms with Gasteiger partial charge in [-0.1, -0.05) is 11.3 Å². The zero-order chi connectivity index (χ0) is 19.2. The van der Waals surface area contributed by atoms with Crippen molar-refractivity contribution in [3.8, 4) is 11.3 Å². The molecule has 0 atom stereocenters. The highest BCUT2D eigenvalue weighted by Gasteiger charge is 2.14. The third-order valence-electron chi connectivity index (χ3n) is 3.95. The molecule has 0 spiro atoms. The summed E-state index contributed by atoms with van der Waals surface area (Å²) in [6, 6.07) is 5.75. The van der Waals surface area contributed by atoms with Crippen LogP contribution >= 0.6 is 11.3 Å². The van der Waals surface area contributed by atoms with Gasteiger partial charge >= 0.3 is 5.97 Å². The van der Waals surface area contributed by atoms with Gasteiger partial charge < -0.3 is 10.0 Å². The molecule has 3 heterocycles. The third kappa shape index (κ3) is 4.98. The molecule has 27 heavy (non-hydrogen) atoms. The number of nitrogens with zero attached hydrogens (tertiary/aromatic N) is 5. The Balaban J connectivity index is 1.69. The van der Waals surface area contributed by atoms with Gasteiger partial charge in [0, 0.05) is 42.8 Å². The third-order valence-corrected chi connectivity index (χ3v) is 4.81. The van der Waals surface area contributed by atoms with Gasteiger partial charge in [0.25, 0.3) is 5.91 Å². The zero-order valence-electron chi connectivity index (χ0n) is 14.8. The largest absolute Gasteiger partial charge is 0.481 e. The summed E-state index contributed by atoms with van der Waals surface area (Å²) in [7, 11) is 1.65. The molecule has 0 saturated heterocycles. The topological polar surface area (TPSA) is 101 Å². The Hall–Kier alpha value is -3.07. The molecule has 1 amide bonds. The van der Waals surface area contributed by atoms with Crippen LogP contribution in [-0.2, 0) is 11.3 Å². The van der Waals surface area contributed by atoms with E-state index < -0.39 is 5.97 Å². The van der Waals surface area contributed by atoms with E-state index in [9.17, 15) is 9.59 Å². The molecule has 1 N–H and O–H groups in total. The molecule has 0 radical (unpaired) electrons. The molecular formula is C18H19N5O3S. The summed E-state index contributed by atoms with van der Waals surface area (Å²) in [6.45, 7) is 1.01. The van der Waals surface area contributed by atoms with Crippen molar-refractivity contribution in [2.45, 2.75) is 19.4 Å². The summed E-state index contributed by atoms with van der Waals surface area (Å²) >= 11 is 1.65. The van der Waals surface area contributed by atoms with Crippen LogP contribution in [0, 0.1) is 0 Å². The second-order valence-electron chi connectivity index (χ2n) is 6.07. The number of aliphatic carboxylic acids is 1. The van der Waals surface area contributed by atoms with Gasteiger partial charge in [-0.25, -0.2) is 4.68 Å². The van der Waals surface area contributed by atoms with Crippen LogP contribution in [0.5, 0.6) is 0 Å². The van der Waals surface area contributed by atoms with E-state index >= 15 is 0 Å². The first-order valence-corrected chi connectivity index (χ1v) is 9.26. The van der Waals surface area contributed by atoms with Crippen LogP contribution in [0.15, 0.2) is 42.2 Å². The number of pyridine rings is 1. The second-order valence-corrected chi connectivity index (χ2v) is 7.10. The van der Waals surface area contributed by atoms with Crippen molar-refractivity contribution in [2.75, 3.05) is 13.6 Å². The molecule has 3 rings (SSSR count). The summed E-state index contributed by atoms with van der Waals surface area (Å²) in [5, 5.41) is 19.0. The lowest BCUT2D eigenvalue weighted by Gasteiger charge is -2.16.